The molecular weight excluding hydrogens is 304 g/mol. The Kier molecular flexibility index (Phi) is 4.28. The van der Waals surface area contributed by atoms with Gasteiger partial charge in [0, 0.05) is 5.88 Å². The van der Waals surface area contributed by atoms with E-state index in [0.29, 0.717) is 6.07 Å². The average molecular weight is 308 g/mol. The van der Waals surface area contributed by atoms with Crippen LogP contribution in [0.2, 0.25) is 0 Å². The molecule has 0 saturated heterocycles. The van der Waals surface area contributed by atoms with Crippen LogP contribution in [0.3, 0.4) is 0 Å². The minimum absolute atomic E-state index is 0.0128. The second kappa shape index (κ2) is 5.24. The number of hydrogen-bond donors (Lipinski definition) is 0. The van der Waals surface area contributed by atoms with Gasteiger partial charge in [0.25, 0.3) is 0 Å². The smallest absolute Gasteiger partial charge is 0.387 e. The van der Waals surface area contributed by atoms with Crippen molar-refractivity contribution in [2.24, 2.45) is 0 Å². The van der Waals surface area contributed by atoms with Gasteiger partial charge in [-0.3, -0.25) is 4.79 Å². The Hall–Kier alpha value is -1.51. The van der Waals surface area contributed by atoms with Gasteiger partial charge in [0.1, 0.15) is 11.3 Å². The fourth-order valence-electron chi connectivity index (χ4n) is 1.15. The number of rotatable bonds is 3. The molecule has 0 spiro atoms. The van der Waals surface area contributed by atoms with Crippen LogP contribution in [0.25, 0.3) is 0 Å². The summed E-state index contributed by atoms with van der Waals surface area (Å²) in [5.41, 5.74) is -2.76. The first-order chi connectivity index (χ1) is 8.58. The molecule has 0 amide bonds. The topological polar surface area (TPSA) is 39.2 Å². The van der Waals surface area contributed by atoms with Gasteiger partial charge in [-0.2, -0.15) is 13.2 Å². The summed E-state index contributed by atoms with van der Waals surface area (Å²) < 4.78 is 76.8. The third-order valence-corrected chi connectivity index (χ3v) is 2.16. The summed E-state index contributed by atoms with van der Waals surface area (Å²) in [6.45, 7) is 0. The molecule has 0 aromatic carbocycles. The van der Waals surface area contributed by atoms with Gasteiger partial charge >= 0.3 is 12.5 Å². The number of aromatic nitrogens is 1. The molecule has 0 aliphatic heterocycles. The second-order valence-corrected chi connectivity index (χ2v) is 3.45. The quantitative estimate of drug-likeness (QED) is 0.487. The molecule has 3 nitrogen and oxygen atoms in total. The number of aldehydes is 1. The van der Waals surface area contributed by atoms with Crippen LogP contribution in [0, 0.1) is 0 Å². The zero-order chi connectivity index (χ0) is 14.8. The number of carbonyl (C=O) groups is 1. The van der Waals surface area contributed by atoms with Crippen molar-refractivity contribution in [2.45, 2.75) is 18.4 Å². The van der Waals surface area contributed by atoms with Crippen molar-refractivity contribution in [2.75, 3.05) is 0 Å². The number of ether oxygens (including phenoxy) is 1. The Balaban J connectivity index is 3.45. The Morgan fingerprint density at radius 3 is 2.21 bits per heavy atom. The molecule has 106 valence electrons. The third kappa shape index (κ3) is 3.98. The van der Waals surface area contributed by atoms with E-state index < -0.39 is 35.6 Å². The molecule has 1 rings (SSSR count). The summed E-state index contributed by atoms with van der Waals surface area (Å²) in [7, 11) is 0. The predicted molar refractivity (Wildman–Crippen MR) is 50.9 cm³/mol. The lowest BCUT2D eigenvalue weighted by Gasteiger charge is -2.15. The zero-order valence-corrected chi connectivity index (χ0v) is 9.53. The van der Waals surface area contributed by atoms with E-state index in [4.69, 9.17) is 11.6 Å². The molecule has 19 heavy (non-hydrogen) atoms. The average Bonchev–Trinajstić information content (AvgIpc) is 2.24. The zero-order valence-electron chi connectivity index (χ0n) is 8.77. The first-order valence-electron chi connectivity index (χ1n) is 4.46. The van der Waals surface area contributed by atoms with Gasteiger partial charge < -0.3 is 4.74 Å². The van der Waals surface area contributed by atoms with Crippen molar-refractivity contribution in [1.82, 2.24) is 4.98 Å². The van der Waals surface area contributed by atoms with Gasteiger partial charge in [0.15, 0.2) is 6.29 Å². The molecule has 0 saturated carbocycles. The van der Waals surface area contributed by atoms with Gasteiger partial charge in [0.05, 0.1) is 0 Å². The molecule has 0 aliphatic rings. The van der Waals surface area contributed by atoms with Gasteiger partial charge in [-0.25, -0.2) is 4.98 Å². The molecule has 0 aliphatic carbocycles. The normalized spacial score (nSPS) is 12.4. The highest BCUT2D eigenvalue weighted by Crippen LogP contribution is 2.38. The summed E-state index contributed by atoms with van der Waals surface area (Å²) in [5.74, 6) is -2.26. The molecule has 10 heteroatoms. The van der Waals surface area contributed by atoms with E-state index in [1.807, 2.05) is 0 Å². The second-order valence-electron chi connectivity index (χ2n) is 3.18. The highest BCUT2D eigenvalue weighted by atomic mass is 35.5. The van der Waals surface area contributed by atoms with E-state index in [-0.39, 0.29) is 11.8 Å². The first-order valence-corrected chi connectivity index (χ1v) is 5.00. The van der Waals surface area contributed by atoms with E-state index in [1.165, 1.54) is 0 Å². The van der Waals surface area contributed by atoms with Gasteiger partial charge in [-0.1, -0.05) is 0 Å². The molecule has 0 fully saturated rings. The van der Waals surface area contributed by atoms with Crippen molar-refractivity contribution in [3.8, 4) is 5.88 Å². The number of nitrogens with zero attached hydrogens (tertiary/aromatic N) is 1. The van der Waals surface area contributed by atoms with Crippen molar-refractivity contribution in [1.29, 1.82) is 0 Å². The van der Waals surface area contributed by atoms with E-state index in [0.717, 1.165) is 0 Å². The summed E-state index contributed by atoms with van der Waals surface area (Å²) in [6.07, 6.45) is -10.5. The lowest BCUT2D eigenvalue weighted by molar-refractivity contribution is -0.277. The Morgan fingerprint density at radius 1 is 1.26 bits per heavy atom. The predicted octanol–water partition coefficient (Wildman–Crippen LogP) is 3.55. The highest BCUT2D eigenvalue weighted by molar-refractivity contribution is 6.17. The number of hydrogen-bond acceptors (Lipinski definition) is 3. The van der Waals surface area contributed by atoms with E-state index >= 15 is 0 Å². The highest BCUT2D eigenvalue weighted by Gasteiger charge is 2.41. The fourth-order valence-corrected chi connectivity index (χ4v) is 1.36. The van der Waals surface area contributed by atoms with Gasteiger partial charge in [-0.15, -0.1) is 24.8 Å². The van der Waals surface area contributed by atoms with Crippen LogP contribution < -0.4 is 4.74 Å². The summed E-state index contributed by atoms with van der Waals surface area (Å²) in [6, 6.07) is 0.296. The van der Waals surface area contributed by atoms with Crippen LogP contribution >= 0.6 is 11.6 Å². The number of carbonyl (C=O) groups excluding carboxylic acids is 1. The fraction of sp³-hybridized carbons (Fsp3) is 0.333. The monoisotopic (exact) mass is 307 g/mol. The van der Waals surface area contributed by atoms with Crippen molar-refractivity contribution in [3.63, 3.8) is 0 Å². The summed E-state index contributed by atoms with van der Waals surface area (Å²) in [5, 5.41) is 0. The Bertz CT molecular complexity index is 485. The molecular formula is C9H4ClF6NO2. The van der Waals surface area contributed by atoms with E-state index in [9.17, 15) is 31.1 Å². The number of alkyl halides is 7. The van der Waals surface area contributed by atoms with Crippen molar-refractivity contribution >= 4 is 17.9 Å². The lowest BCUT2D eigenvalue weighted by atomic mass is 10.1. The van der Waals surface area contributed by atoms with Crippen LogP contribution in [-0.2, 0) is 12.1 Å². The standard InChI is InChI=1S/C9H4ClF6NO2/c10-2-4-1-5(8(11,12)13)7(17-6(4)3-18)19-9(14,15)16/h1,3H,2H2. The third-order valence-electron chi connectivity index (χ3n) is 1.87. The molecule has 0 N–H and O–H groups in total. The Labute approximate surface area is 107 Å². The van der Waals surface area contributed by atoms with Crippen LogP contribution in [0.4, 0.5) is 26.3 Å². The number of halogens is 7. The first kappa shape index (κ1) is 15.5. The molecule has 0 atom stereocenters. The molecule has 0 unspecified atom stereocenters. The summed E-state index contributed by atoms with van der Waals surface area (Å²) >= 11 is 5.29. The molecule has 1 aromatic rings. The van der Waals surface area contributed by atoms with Crippen LogP contribution in [0.15, 0.2) is 6.07 Å². The van der Waals surface area contributed by atoms with Crippen LogP contribution in [-0.4, -0.2) is 17.6 Å². The van der Waals surface area contributed by atoms with E-state index in [1.54, 1.807) is 0 Å². The minimum atomic E-state index is -5.37. The Morgan fingerprint density at radius 2 is 1.84 bits per heavy atom. The van der Waals surface area contributed by atoms with Crippen molar-refractivity contribution in [3.05, 3.63) is 22.9 Å². The van der Waals surface area contributed by atoms with Gasteiger partial charge in [0.2, 0.25) is 5.88 Å². The van der Waals surface area contributed by atoms with Crippen LogP contribution in [0.1, 0.15) is 21.6 Å². The maximum absolute atomic E-state index is 12.6. The molecule has 0 bridgehead atoms. The lowest BCUT2D eigenvalue weighted by Crippen LogP contribution is -2.22. The maximum Gasteiger partial charge on any atom is 0.574 e. The van der Waals surface area contributed by atoms with E-state index in [2.05, 4.69) is 9.72 Å². The van der Waals surface area contributed by atoms with Crippen LogP contribution in [0.5, 0.6) is 5.88 Å². The largest absolute Gasteiger partial charge is 0.574 e. The molecule has 0 radical (unpaired) electrons. The SMILES string of the molecule is O=Cc1nc(OC(F)(F)F)c(C(F)(F)F)cc1CCl. The minimum Gasteiger partial charge on any atom is -0.387 e. The van der Waals surface area contributed by atoms with Gasteiger partial charge in [-0.05, 0) is 11.6 Å². The summed E-state index contributed by atoms with van der Waals surface area (Å²) in [4.78, 5) is 13.4. The molecule has 1 heterocycles. The maximum atomic E-state index is 12.6. The molecule has 1 aromatic heterocycles. The number of pyridine rings is 1. The van der Waals surface area contributed by atoms with Crippen molar-refractivity contribution < 1.29 is 35.9 Å².